The third kappa shape index (κ3) is 5.93. The van der Waals surface area contributed by atoms with Gasteiger partial charge in [-0.3, -0.25) is 4.79 Å². The van der Waals surface area contributed by atoms with Crippen LogP contribution >= 0.6 is 0 Å². The second-order valence-electron chi connectivity index (χ2n) is 6.57. The van der Waals surface area contributed by atoms with Gasteiger partial charge in [-0.1, -0.05) is 31.9 Å². The van der Waals surface area contributed by atoms with Gasteiger partial charge in [-0.2, -0.15) is 0 Å². The van der Waals surface area contributed by atoms with Gasteiger partial charge in [0.05, 0.1) is 7.11 Å². The lowest BCUT2D eigenvalue weighted by molar-refractivity contribution is -0.150. The Morgan fingerprint density at radius 2 is 2.04 bits per heavy atom. The number of nitrogens with one attached hydrogen (secondary N) is 1. The molecule has 1 aromatic rings. The van der Waals surface area contributed by atoms with E-state index < -0.39 is 12.1 Å². The van der Waals surface area contributed by atoms with Crippen molar-refractivity contribution >= 4 is 18.0 Å². The standard InChI is InChI=1S/C20H27NO4/c1-14-7-4-5-10-18(14)21-20(23)15(2)25-19(22)12-11-16-8-6-9-17(13-16)24-3/h6,8-9,11-15,18H,4-5,7,10H2,1-3H3,(H,21,23)/b12-11+/t14-,15+,18+/m0/s1. The summed E-state index contributed by atoms with van der Waals surface area (Å²) >= 11 is 0. The summed E-state index contributed by atoms with van der Waals surface area (Å²) in [7, 11) is 1.59. The number of rotatable bonds is 6. The molecule has 3 atom stereocenters. The lowest BCUT2D eigenvalue weighted by atomic mass is 9.86. The summed E-state index contributed by atoms with van der Waals surface area (Å²) in [5.74, 6) is 0.405. The first-order valence-electron chi connectivity index (χ1n) is 8.82. The van der Waals surface area contributed by atoms with Gasteiger partial charge in [-0.15, -0.1) is 0 Å². The highest BCUT2D eigenvalue weighted by Gasteiger charge is 2.25. The van der Waals surface area contributed by atoms with E-state index >= 15 is 0 Å². The summed E-state index contributed by atoms with van der Waals surface area (Å²) < 4.78 is 10.3. The molecule has 1 aromatic carbocycles. The fraction of sp³-hybridized carbons (Fsp3) is 0.500. The first-order valence-corrected chi connectivity index (χ1v) is 8.82. The third-order valence-electron chi connectivity index (χ3n) is 4.61. The van der Waals surface area contributed by atoms with Gasteiger partial charge < -0.3 is 14.8 Å². The molecular formula is C20H27NO4. The Morgan fingerprint density at radius 3 is 2.76 bits per heavy atom. The molecule has 0 saturated heterocycles. The zero-order valence-electron chi connectivity index (χ0n) is 15.2. The zero-order valence-corrected chi connectivity index (χ0v) is 15.2. The molecule has 136 valence electrons. The van der Waals surface area contributed by atoms with E-state index in [2.05, 4.69) is 12.2 Å². The molecule has 25 heavy (non-hydrogen) atoms. The van der Waals surface area contributed by atoms with Crippen molar-refractivity contribution in [3.8, 4) is 5.75 Å². The molecule has 0 aliphatic heterocycles. The monoisotopic (exact) mass is 345 g/mol. The molecule has 5 nitrogen and oxygen atoms in total. The molecule has 0 unspecified atom stereocenters. The van der Waals surface area contributed by atoms with Crippen LogP contribution in [0.25, 0.3) is 6.08 Å². The van der Waals surface area contributed by atoms with Gasteiger partial charge in [0, 0.05) is 12.1 Å². The number of ether oxygens (including phenoxy) is 2. The maximum atomic E-state index is 12.2. The van der Waals surface area contributed by atoms with Gasteiger partial charge in [-0.05, 0) is 49.5 Å². The first-order chi connectivity index (χ1) is 12.0. The zero-order chi connectivity index (χ0) is 18.2. The van der Waals surface area contributed by atoms with Crippen molar-refractivity contribution in [3.63, 3.8) is 0 Å². The first kappa shape index (κ1) is 19.0. The molecule has 1 N–H and O–H groups in total. The van der Waals surface area contributed by atoms with E-state index in [-0.39, 0.29) is 11.9 Å². The molecule has 0 radical (unpaired) electrons. The molecule has 0 aromatic heterocycles. The van der Waals surface area contributed by atoms with Crippen LogP contribution in [0, 0.1) is 5.92 Å². The molecule has 1 fully saturated rings. The number of carbonyl (C=O) groups is 2. The Balaban J connectivity index is 1.84. The number of hydrogen-bond donors (Lipinski definition) is 1. The van der Waals surface area contributed by atoms with Gasteiger partial charge in [0.25, 0.3) is 5.91 Å². The van der Waals surface area contributed by atoms with Crippen molar-refractivity contribution in [1.29, 1.82) is 0 Å². The normalized spacial score (nSPS) is 21.6. The van der Waals surface area contributed by atoms with Gasteiger partial charge >= 0.3 is 5.97 Å². The molecule has 1 saturated carbocycles. The summed E-state index contributed by atoms with van der Waals surface area (Å²) in [6.45, 7) is 3.75. The summed E-state index contributed by atoms with van der Waals surface area (Å²) in [6.07, 6.45) is 6.61. The molecule has 1 aliphatic rings. The van der Waals surface area contributed by atoms with Crippen LogP contribution in [0.1, 0.15) is 45.1 Å². The Morgan fingerprint density at radius 1 is 1.28 bits per heavy atom. The summed E-state index contributed by atoms with van der Waals surface area (Å²) in [6, 6.07) is 7.51. The van der Waals surface area contributed by atoms with Crippen molar-refractivity contribution < 1.29 is 19.1 Å². The van der Waals surface area contributed by atoms with E-state index in [1.54, 1.807) is 20.1 Å². The minimum Gasteiger partial charge on any atom is -0.497 e. The van der Waals surface area contributed by atoms with E-state index in [0.717, 1.165) is 24.8 Å². The molecule has 0 spiro atoms. The number of esters is 1. The summed E-state index contributed by atoms with van der Waals surface area (Å²) in [5, 5.41) is 3.01. The number of carbonyl (C=O) groups excluding carboxylic acids is 2. The van der Waals surface area contributed by atoms with Gasteiger partial charge in [0.1, 0.15) is 5.75 Å². The van der Waals surface area contributed by atoms with Crippen molar-refractivity contribution in [2.75, 3.05) is 7.11 Å². The minimum atomic E-state index is -0.809. The number of benzene rings is 1. The van der Waals surface area contributed by atoms with Crippen LogP contribution in [-0.2, 0) is 14.3 Å². The summed E-state index contributed by atoms with van der Waals surface area (Å²) in [4.78, 5) is 24.1. The molecule has 5 heteroatoms. The predicted molar refractivity (Wildman–Crippen MR) is 97.1 cm³/mol. The highest BCUT2D eigenvalue weighted by molar-refractivity contribution is 5.90. The van der Waals surface area contributed by atoms with Crippen molar-refractivity contribution in [1.82, 2.24) is 5.32 Å². The molecule has 1 aliphatic carbocycles. The molecule has 1 amide bonds. The second-order valence-corrected chi connectivity index (χ2v) is 6.57. The van der Waals surface area contributed by atoms with Gasteiger partial charge in [-0.25, -0.2) is 4.79 Å². The minimum absolute atomic E-state index is 0.176. The Bertz CT molecular complexity index is 626. The van der Waals surface area contributed by atoms with E-state index in [1.165, 1.54) is 12.5 Å². The van der Waals surface area contributed by atoms with E-state index in [1.807, 2.05) is 24.3 Å². The highest BCUT2D eigenvalue weighted by Crippen LogP contribution is 2.23. The smallest absolute Gasteiger partial charge is 0.331 e. The molecule has 0 bridgehead atoms. The van der Waals surface area contributed by atoms with Crippen LogP contribution in [0.15, 0.2) is 30.3 Å². The molecular weight excluding hydrogens is 318 g/mol. The van der Waals surface area contributed by atoms with Crippen LogP contribution < -0.4 is 10.1 Å². The topological polar surface area (TPSA) is 64.6 Å². The van der Waals surface area contributed by atoms with Crippen molar-refractivity contribution in [2.45, 2.75) is 51.7 Å². The van der Waals surface area contributed by atoms with E-state index in [4.69, 9.17) is 9.47 Å². The van der Waals surface area contributed by atoms with Gasteiger partial charge in [0.2, 0.25) is 0 Å². The molecule has 2 rings (SSSR count). The SMILES string of the molecule is COc1cccc(/C=C/C(=O)O[C@H](C)C(=O)N[C@@H]2CCCC[C@@H]2C)c1. The maximum absolute atomic E-state index is 12.2. The second kappa shape index (κ2) is 9.25. The van der Waals surface area contributed by atoms with Crippen LogP contribution in [0.2, 0.25) is 0 Å². The largest absolute Gasteiger partial charge is 0.497 e. The highest BCUT2D eigenvalue weighted by atomic mass is 16.5. The predicted octanol–water partition coefficient (Wildman–Crippen LogP) is 3.34. The Hall–Kier alpha value is -2.30. The van der Waals surface area contributed by atoms with Crippen molar-refractivity contribution in [2.24, 2.45) is 5.92 Å². The summed E-state index contributed by atoms with van der Waals surface area (Å²) in [5.41, 5.74) is 0.824. The average molecular weight is 345 g/mol. The number of hydrogen-bond acceptors (Lipinski definition) is 4. The Labute approximate surface area is 149 Å². The van der Waals surface area contributed by atoms with Crippen LogP contribution in [0.3, 0.4) is 0 Å². The fourth-order valence-electron chi connectivity index (χ4n) is 3.01. The lowest BCUT2D eigenvalue weighted by Gasteiger charge is -2.30. The third-order valence-corrected chi connectivity index (χ3v) is 4.61. The van der Waals surface area contributed by atoms with Crippen LogP contribution in [-0.4, -0.2) is 31.1 Å². The van der Waals surface area contributed by atoms with Gasteiger partial charge in [0.15, 0.2) is 6.10 Å². The van der Waals surface area contributed by atoms with E-state index in [9.17, 15) is 9.59 Å². The Kier molecular flexibility index (Phi) is 7.04. The number of amides is 1. The van der Waals surface area contributed by atoms with E-state index in [0.29, 0.717) is 11.7 Å². The number of methoxy groups -OCH3 is 1. The maximum Gasteiger partial charge on any atom is 0.331 e. The van der Waals surface area contributed by atoms with Crippen LogP contribution in [0.4, 0.5) is 0 Å². The average Bonchev–Trinajstić information content (AvgIpc) is 2.62. The van der Waals surface area contributed by atoms with Crippen LogP contribution in [0.5, 0.6) is 5.75 Å². The fourth-order valence-corrected chi connectivity index (χ4v) is 3.01. The lowest BCUT2D eigenvalue weighted by Crippen LogP contribution is -2.45. The quantitative estimate of drug-likeness (QED) is 0.634. The van der Waals surface area contributed by atoms with Crippen molar-refractivity contribution in [3.05, 3.63) is 35.9 Å². The molecule has 0 heterocycles.